The largest absolute Gasteiger partial charge is 0.493 e. The van der Waals surface area contributed by atoms with E-state index in [1.807, 2.05) is 26.0 Å². The summed E-state index contributed by atoms with van der Waals surface area (Å²) in [4.78, 5) is 70.4. The number of fused-ring (bicyclic) bond motifs is 2. The molecule has 0 unspecified atom stereocenters. The van der Waals surface area contributed by atoms with Gasteiger partial charge in [0.15, 0.2) is 18.4 Å². The summed E-state index contributed by atoms with van der Waals surface area (Å²) >= 11 is 15.0. The van der Waals surface area contributed by atoms with Crippen LogP contribution in [0.25, 0.3) is 0 Å². The molecule has 2 aliphatic heterocycles. The number of ether oxygens (including phenoxy) is 2. The van der Waals surface area contributed by atoms with Gasteiger partial charge in [0.2, 0.25) is 0 Å². The number of rotatable bonds is 7. The van der Waals surface area contributed by atoms with Gasteiger partial charge in [0.05, 0.1) is 45.6 Å². The SMILES string of the molecule is CC(C)(C=O)c1ccc2c(c1)OCCCC2=O.CC(C)(C=O)c1ccc2c(c1)OCCN(c1cccc(Cl)c1C=O)C2=O.O=Cc1c(Cl)cccc1Br. The Morgan fingerprint density at radius 1 is 0.698 bits per heavy atom. The smallest absolute Gasteiger partial charge is 0.262 e. The van der Waals surface area contributed by atoms with Crippen LogP contribution in [0.4, 0.5) is 5.69 Å². The van der Waals surface area contributed by atoms with E-state index in [1.54, 1.807) is 74.5 Å². The highest BCUT2D eigenvalue weighted by Gasteiger charge is 2.29. The second kappa shape index (κ2) is 17.9. The van der Waals surface area contributed by atoms with Gasteiger partial charge in [0.1, 0.15) is 30.7 Å². The molecule has 2 aliphatic rings. The van der Waals surface area contributed by atoms with E-state index in [9.17, 15) is 28.8 Å². The summed E-state index contributed by atoms with van der Waals surface area (Å²) in [7, 11) is 0. The summed E-state index contributed by atoms with van der Waals surface area (Å²) in [6, 6.07) is 20.8. The number of aldehydes is 4. The molecular formula is C41H38BrCl2NO8. The van der Waals surface area contributed by atoms with Crippen LogP contribution in [-0.4, -0.2) is 56.6 Å². The van der Waals surface area contributed by atoms with Crippen molar-refractivity contribution in [3.8, 4) is 11.5 Å². The lowest BCUT2D eigenvalue weighted by atomic mass is 9.85. The lowest BCUT2D eigenvalue weighted by Gasteiger charge is -2.22. The molecule has 53 heavy (non-hydrogen) atoms. The minimum Gasteiger partial charge on any atom is -0.493 e. The Kier molecular flexibility index (Phi) is 13.9. The molecule has 0 bridgehead atoms. The van der Waals surface area contributed by atoms with Gasteiger partial charge in [0, 0.05) is 27.3 Å². The van der Waals surface area contributed by atoms with Crippen LogP contribution in [0, 0.1) is 0 Å². The number of amides is 1. The van der Waals surface area contributed by atoms with Gasteiger partial charge in [-0.15, -0.1) is 0 Å². The Balaban J connectivity index is 0.000000198. The first-order chi connectivity index (χ1) is 25.2. The number of Topliss-reactive ketones (excluding diaryl/α,β-unsaturated/α-hetero) is 1. The van der Waals surface area contributed by atoms with Crippen LogP contribution in [0.2, 0.25) is 10.0 Å². The van der Waals surface area contributed by atoms with Crippen molar-refractivity contribution in [3.63, 3.8) is 0 Å². The van der Waals surface area contributed by atoms with E-state index >= 15 is 0 Å². The molecule has 4 aromatic rings. The lowest BCUT2D eigenvalue weighted by Crippen LogP contribution is -2.33. The number of nitrogens with zero attached hydrogens (tertiary/aromatic N) is 1. The van der Waals surface area contributed by atoms with Crippen molar-refractivity contribution < 1.29 is 38.2 Å². The normalized spacial score (nSPS) is 13.8. The van der Waals surface area contributed by atoms with Gasteiger partial charge in [-0.3, -0.25) is 19.2 Å². The van der Waals surface area contributed by atoms with Crippen LogP contribution in [0.3, 0.4) is 0 Å². The maximum absolute atomic E-state index is 13.1. The van der Waals surface area contributed by atoms with E-state index in [0.29, 0.717) is 63.2 Å². The Morgan fingerprint density at radius 2 is 1.23 bits per heavy atom. The molecule has 4 aromatic carbocycles. The fourth-order valence-electron chi connectivity index (χ4n) is 5.40. The molecule has 0 fully saturated rings. The van der Waals surface area contributed by atoms with Crippen molar-refractivity contribution in [3.05, 3.63) is 121 Å². The summed E-state index contributed by atoms with van der Waals surface area (Å²) in [5, 5.41) is 0.767. The van der Waals surface area contributed by atoms with Crippen LogP contribution in [0.1, 0.15) is 93.1 Å². The van der Waals surface area contributed by atoms with E-state index < -0.39 is 10.8 Å². The number of benzene rings is 4. The number of hydrogen-bond donors (Lipinski definition) is 0. The monoisotopic (exact) mass is 821 g/mol. The molecule has 1 amide bonds. The van der Waals surface area contributed by atoms with Crippen molar-refractivity contribution in [2.24, 2.45) is 0 Å². The third-order valence-corrected chi connectivity index (χ3v) is 10.1. The Hall–Kier alpha value is -4.64. The first-order valence-electron chi connectivity index (χ1n) is 16.6. The Morgan fingerprint density at radius 3 is 1.77 bits per heavy atom. The van der Waals surface area contributed by atoms with Gasteiger partial charge in [-0.1, -0.05) is 63.4 Å². The quantitative estimate of drug-likeness (QED) is 0.169. The summed E-state index contributed by atoms with van der Waals surface area (Å²) < 4.78 is 12.0. The van der Waals surface area contributed by atoms with E-state index in [0.717, 1.165) is 40.9 Å². The number of halogens is 3. The molecule has 0 spiro atoms. The highest BCUT2D eigenvalue weighted by molar-refractivity contribution is 9.10. The van der Waals surface area contributed by atoms with Crippen LogP contribution in [-0.2, 0) is 20.4 Å². The van der Waals surface area contributed by atoms with Crippen LogP contribution < -0.4 is 14.4 Å². The Bertz CT molecular complexity index is 2020. The zero-order valence-electron chi connectivity index (χ0n) is 29.6. The molecule has 9 nitrogen and oxygen atoms in total. The molecule has 276 valence electrons. The summed E-state index contributed by atoms with van der Waals surface area (Å²) in [6.45, 7) is 8.39. The number of anilines is 1. The molecule has 0 aliphatic carbocycles. The van der Waals surface area contributed by atoms with Gasteiger partial charge >= 0.3 is 0 Å². The van der Waals surface area contributed by atoms with E-state index in [4.69, 9.17) is 32.7 Å². The van der Waals surface area contributed by atoms with Gasteiger partial charge < -0.3 is 24.0 Å². The van der Waals surface area contributed by atoms with Gasteiger partial charge in [-0.25, -0.2) is 0 Å². The highest BCUT2D eigenvalue weighted by atomic mass is 79.9. The molecular weight excluding hydrogens is 785 g/mol. The fraction of sp³-hybridized carbons (Fsp3) is 0.268. The summed E-state index contributed by atoms with van der Waals surface area (Å²) in [6.07, 6.45) is 4.43. The minimum atomic E-state index is -0.676. The number of carbonyl (C=O) groups excluding carboxylic acids is 6. The third-order valence-electron chi connectivity index (χ3n) is 8.75. The topological polar surface area (TPSA) is 124 Å². The maximum atomic E-state index is 13.1. The van der Waals surface area contributed by atoms with Crippen LogP contribution >= 0.6 is 39.1 Å². The standard InChI is InChI=1S/C20H18ClNO4.C14H16O3.C7H4BrClO/c1-20(2,12-24)13-6-7-14-18(10-13)26-9-8-22(19(14)25)17-5-3-4-16(21)15(17)11-23;1-14(2,9-15)10-5-6-11-12(16)4-3-7-17-13(11)8-10;8-6-2-1-3-7(9)5(6)4-10/h3-7,10-12H,8-9H2,1-2H3;5-6,8-9H,3-4,7H2,1-2H3;1-4H. The first-order valence-corrected chi connectivity index (χ1v) is 18.2. The first kappa shape index (κ1) is 41.1. The zero-order chi connectivity index (χ0) is 38.9. The number of ketones is 1. The molecule has 2 heterocycles. The average molecular weight is 824 g/mol. The Labute approximate surface area is 326 Å². The van der Waals surface area contributed by atoms with Gasteiger partial charge in [-0.2, -0.15) is 0 Å². The van der Waals surface area contributed by atoms with E-state index in [1.165, 1.54) is 4.90 Å². The molecule has 0 radical (unpaired) electrons. The summed E-state index contributed by atoms with van der Waals surface area (Å²) in [5.74, 6) is 0.880. The van der Waals surface area contributed by atoms with E-state index in [-0.39, 0.29) is 30.4 Å². The van der Waals surface area contributed by atoms with Crippen molar-refractivity contribution in [2.45, 2.75) is 51.4 Å². The second-order valence-electron chi connectivity index (χ2n) is 13.3. The van der Waals surface area contributed by atoms with Crippen LogP contribution in [0.15, 0.2) is 77.3 Å². The molecule has 6 rings (SSSR count). The second-order valence-corrected chi connectivity index (χ2v) is 15.0. The fourth-order valence-corrected chi connectivity index (χ4v) is 6.41. The molecule has 0 saturated heterocycles. The minimum absolute atomic E-state index is 0.118. The zero-order valence-corrected chi connectivity index (χ0v) is 32.7. The lowest BCUT2D eigenvalue weighted by molar-refractivity contribution is -0.112. The number of hydrogen-bond acceptors (Lipinski definition) is 8. The van der Waals surface area contributed by atoms with Crippen molar-refractivity contribution >= 4 is 81.7 Å². The maximum Gasteiger partial charge on any atom is 0.262 e. The van der Waals surface area contributed by atoms with Crippen molar-refractivity contribution in [1.82, 2.24) is 0 Å². The predicted molar refractivity (Wildman–Crippen MR) is 209 cm³/mol. The molecule has 0 atom stereocenters. The molecule has 12 heteroatoms. The van der Waals surface area contributed by atoms with Gasteiger partial charge in [0.25, 0.3) is 5.91 Å². The molecule has 0 aromatic heterocycles. The van der Waals surface area contributed by atoms with Crippen molar-refractivity contribution in [1.29, 1.82) is 0 Å². The van der Waals surface area contributed by atoms with Crippen LogP contribution in [0.5, 0.6) is 11.5 Å². The third kappa shape index (κ3) is 9.67. The highest BCUT2D eigenvalue weighted by Crippen LogP contribution is 2.34. The predicted octanol–water partition coefficient (Wildman–Crippen LogP) is 9.10. The van der Waals surface area contributed by atoms with E-state index in [2.05, 4.69) is 15.9 Å². The summed E-state index contributed by atoms with van der Waals surface area (Å²) in [5.41, 5.74) is 2.65. The number of carbonyl (C=O) groups is 6. The average Bonchev–Trinajstić information content (AvgIpc) is 3.44. The van der Waals surface area contributed by atoms with Gasteiger partial charge in [-0.05, 0) is 93.8 Å². The molecule has 0 saturated carbocycles. The molecule has 0 N–H and O–H groups in total. The van der Waals surface area contributed by atoms with Crippen molar-refractivity contribution in [2.75, 3.05) is 24.7 Å².